The smallest absolute Gasteiger partial charge is 0.166 e. The van der Waals surface area contributed by atoms with Crippen LogP contribution in [0.5, 0.6) is 0 Å². The molecule has 0 saturated carbocycles. The lowest BCUT2D eigenvalue weighted by Crippen LogP contribution is -2.26. The lowest BCUT2D eigenvalue weighted by atomic mass is 10.4. The fraction of sp³-hybridized carbons (Fsp3) is 0.294. The van der Waals surface area contributed by atoms with Gasteiger partial charge in [0.15, 0.2) is 6.42 Å². The van der Waals surface area contributed by atoms with E-state index in [0.717, 1.165) is 24.4 Å². The van der Waals surface area contributed by atoms with E-state index in [9.17, 15) is 0 Å². The largest absolute Gasteiger partial charge is 0.335 e. The van der Waals surface area contributed by atoms with Crippen LogP contribution in [0.4, 0.5) is 0 Å². The van der Waals surface area contributed by atoms with Gasteiger partial charge in [-0.15, -0.1) is 0 Å². The number of benzene rings is 2. The molecule has 2 unspecified atom stereocenters. The van der Waals surface area contributed by atoms with Gasteiger partial charge in [0.2, 0.25) is 0 Å². The predicted octanol–water partition coefficient (Wildman–Crippen LogP) is 4.08. The number of hydrogen-bond donors (Lipinski definition) is 0. The molecule has 1 heterocycles. The quantitative estimate of drug-likeness (QED) is 0.723. The molecule has 2 atom stereocenters. The van der Waals surface area contributed by atoms with Crippen molar-refractivity contribution in [3.63, 3.8) is 0 Å². The predicted molar refractivity (Wildman–Crippen MR) is 109 cm³/mol. The van der Waals surface area contributed by atoms with Gasteiger partial charge in [0.25, 0.3) is 0 Å². The molecule has 2 aromatic carbocycles. The molecule has 1 fully saturated rings. The van der Waals surface area contributed by atoms with Crippen LogP contribution < -0.4 is 10.6 Å². The molecule has 0 aliphatic carbocycles. The van der Waals surface area contributed by atoms with Gasteiger partial charge in [-0.2, -0.15) is 0 Å². The van der Waals surface area contributed by atoms with Crippen LogP contribution in [0.25, 0.3) is 0 Å². The molecule has 1 aliphatic rings. The second-order valence-corrected chi connectivity index (χ2v) is 14.2. The Labute approximate surface area is 149 Å². The van der Waals surface area contributed by atoms with Crippen molar-refractivity contribution < 1.29 is 4.52 Å². The fourth-order valence-corrected chi connectivity index (χ4v) is 14.2. The van der Waals surface area contributed by atoms with Crippen molar-refractivity contribution in [2.24, 2.45) is 0 Å². The maximum Gasteiger partial charge on any atom is 0.166 e. The Morgan fingerprint density at radius 3 is 2.30 bits per heavy atom. The molecule has 1 saturated heterocycles. The lowest BCUT2D eigenvalue weighted by molar-refractivity contribution is 0.362. The first-order valence-corrected chi connectivity index (χ1v) is 13.5. The second kappa shape index (κ2) is 7.27. The van der Waals surface area contributed by atoms with Crippen molar-refractivity contribution in [1.82, 2.24) is 4.44 Å². The molecule has 0 spiro atoms. The van der Waals surface area contributed by atoms with Crippen LogP contribution in [-0.2, 0) is 28.1 Å². The van der Waals surface area contributed by atoms with Gasteiger partial charge >= 0.3 is 0 Å². The van der Waals surface area contributed by atoms with Crippen molar-refractivity contribution >= 4 is 46.8 Å². The summed E-state index contributed by atoms with van der Waals surface area (Å²) in [6.07, 6.45) is -2.01. The molecule has 1 aliphatic heterocycles. The first-order valence-electron chi connectivity index (χ1n) is 7.84. The van der Waals surface area contributed by atoms with E-state index in [2.05, 4.69) is 40.8 Å². The number of rotatable bonds is 5. The molecular weight excluding hydrogens is 360 g/mol. The van der Waals surface area contributed by atoms with Gasteiger partial charge in [0, 0.05) is 18.0 Å². The van der Waals surface area contributed by atoms with E-state index >= 15 is 0 Å². The maximum atomic E-state index is 6.24. The normalized spacial score (nSPS) is 24.4. The molecule has 23 heavy (non-hydrogen) atoms. The maximum absolute atomic E-state index is 6.24. The number of nitrogens with zero attached hydrogens (tertiary/aromatic N) is 1. The van der Waals surface area contributed by atoms with Crippen molar-refractivity contribution in [1.29, 1.82) is 0 Å². The minimum atomic E-state index is -2.29. The van der Waals surface area contributed by atoms with Gasteiger partial charge in [-0.05, 0) is 36.6 Å². The highest BCUT2D eigenvalue weighted by molar-refractivity contribution is 8.24. The fourth-order valence-electron chi connectivity index (χ4n) is 3.01. The van der Waals surface area contributed by atoms with E-state index < -0.39 is 12.6 Å². The summed E-state index contributed by atoms with van der Waals surface area (Å²) in [5.74, 6) is 0. The van der Waals surface area contributed by atoms with Gasteiger partial charge in [-0.3, -0.25) is 0 Å². The average Bonchev–Trinajstić information content (AvgIpc) is 3.00. The topological polar surface area (TPSA) is 12.5 Å². The molecule has 0 amide bonds. The van der Waals surface area contributed by atoms with E-state index in [1.807, 2.05) is 31.2 Å². The Bertz CT molecular complexity index is 752. The van der Waals surface area contributed by atoms with Crippen molar-refractivity contribution in [3.05, 3.63) is 60.7 Å². The van der Waals surface area contributed by atoms with Gasteiger partial charge in [-0.25, -0.2) is 4.44 Å². The molecule has 2 aromatic rings. The highest BCUT2D eigenvalue weighted by atomic mass is 32.5. The van der Waals surface area contributed by atoms with E-state index in [1.54, 1.807) is 0 Å². The summed E-state index contributed by atoms with van der Waals surface area (Å²) in [5, 5.41) is 2.38. The highest BCUT2D eigenvalue weighted by Crippen LogP contribution is 2.69. The van der Waals surface area contributed by atoms with E-state index in [1.165, 1.54) is 5.30 Å². The SMILES string of the molecule is CCOP(=S)(c1ccccc1)N1CCCP1(=S)c1ccccc1. The molecule has 0 N–H and O–H groups in total. The molecular formula is C17H21NOP2S2. The molecule has 0 radical (unpaired) electrons. The van der Waals surface area contributed by atoms with Gasteiger partial charge in [0.05, 0.1) is 6.61 Å². The summed E-state index contributed by atoms with van der Waals surface area (Å²) in [7, 11) is 0. The molecule has 0 aromatic heterocycles. The Hall–Kier alpha value is -0.340. The summed E-state index contributed by atoms with van der Waals surface area (Å²) in [4.78, 5) is 0. The summed E-state index contributed by atoms with van der Waals surface area (Å²) in [6, 6.07) is 20.8. The molecule has 122 valence electrons. The zero-order valence-corrected chi connectivity index (χ0v) is 16.6. The van der Waals surface area contributed by atoms with E-state index in [-0.39, 0.29) is 0 Å². The van der Waals surface area contributed by atoms with E-state index in [0.29, 0.717) is 6.61 Å². The molecule has 2 nitrogen and oxygen atoms in total. The van der Waals surface area contributed by atoms with Gasteiger partial charge in [0.1, 0.15) is 0 Å². The van der Waals surface area contributed by atoms with Crippen LogP contribution in [0.3, 0.4) is 0 Å². The third-order valence-corrected chi connectivity index (χ3v) is 15.1. The van der Waals surface area contributed by atoms with Crippen LogP contribution in [0.2, 0.25) is 0 Å². The van der Waals surface area contributed by atoms with Crippen LogP contribution in [0.1, 0.15) is 13.3 Å². The molecule has 6 heteroatoms. The van der Waals surface area contributed by atoms with E-state index in [4.69, 9.17) is 28.1 Å². The third kappa shape index (κ3) is 3.26. The minimum absolute atomic E-state index is 0.618. The first-order chi connectivity index (χ1) is 11.1. The summed E-state index contributed by atoms with van der Waals surface area (Å²) in [5.41, 5.74) is 0. The monoisotopic (exact) mass is 381 g/mol. The number of hydrogen-bond acceptors (Lipinski definition) is 3. The van der Waals surface area contributed by atoms with Crippen LogP contribution in [0, 0.1) is 0 Å². The first kappa shape index (κ1) is 17.5. The Kier molecular flexibility index (Phi) is 5.53. The van der Waals surface area contributed by atoms with Crippen LogP contribution in [-0.4, -0.2) is 23.8 Å². The lowest BCUT2D eigenvalue weighted by Gasteiger charge is -2.38. The summed E-state index contributed by atoms with van der Waals surface area (Å²) in [6.45, 7) is 3.58. The highest BCUT2D eigenvalue weighted by Gasteiger charge is 2.42. The second-order valence-electron chi connectivity index (χ2n) is 5.48. The zero-order valence-electron chi connectivity index (χ0n) is 13.2. The standard InChI is InChI=1S/C17H21NOP2S2/c1-2-19-21(23,17-12-7-4-8-13-17)18-14-9-15-20(18,22)16-10-5-3-6-11-16/h3-8,10-13H,2,9,14-15H2,1H3. The Balaban J connectivity index is 2.10. The average molecular weight is 381 g/mol. The Morgan fingerprint density at radius 1 is 1.09 bits per heavy atom. The summed E-state index contributed by atoms with van der Waals surface area (Å²) < 4.78 is 8.63. The van der Waals surface area contributed by atoms with Gasteiger partial charge in [-0.1, -0.05) is 72.5 Å². The van der Waals surface area contributed by atoms with Crippen LogP contribution in [0.15, 0.2) is 60.7 Å². The summed E-state index contributed by atoms with van der Waals surface area (Å²) >= 11 is 12.4. The minimum Gasteiger partial charge on any atom is -0.335 e. The van der Waals surface area contributed by atoms with Crippen molar-refractivity contribution in [3.8, 4) is 0 Å². The van der Waals surface area contributed by atoms with Crippen molar-refractivity contribution in [2.45, 2.75) is 13.3 Å². The Morgan fingerprint density at radius 2 is 1.70 bits per heavy atom. The zero-order chi connectivity index (χ0) is 16.3. The van der Waals surface area contributed by atoms with Crippen LogP contribution >= 0.6 is 12.6 Å². The molecule has 3 rings (SSSR count). The third-order valence-electron chi connectivity index (χ3n) is 4.04. The van der Waals surface area contributed by atoms with Gasteiger partial charge < -0.3 is 4.52 Å². The van der Waals surface area contributed by atoms with Crippen molar-refractivity contribution in [2.75, 3.05) is 19.3 Å². The molecule has 0 bridgehead atoms.